The number of rotatable bonds is 4. The van der Waals surface area contributed by atoms with E-state index < -0.39 is 0 Å². The maximum absolute atomic E-state index is 12.5. The van der Waals surface area contributed by atoms with Crippen LogP contribution >= 0.6 is 0 Å². The van der Waals surface area contributed by atoms with E-state index in [9.17, 15) is 4.79 Å². The Hall–Kier alpha value is -2.41. The smallest absolute Gasteiger partial charge is 0.225 e. The number of amides is 1. The molecule has 0 aromatic carbocycles. The number of H-pyrrole nitrogens is 1. The molecule has 7 nitrogen and oxygen atoms in total. The number of carbonyl (C=O) groups is 1. The molecule has 2 aromatic rings. The molecule has 2 fully saturated rings. The van der Waals surface area contributed by atoms with E-state index in [0.717, 1.165) is 37.7 Å². The Morgan fingerprint density at radius 1 is 1.24 bits per heavy atom. The standard InChI is InChI=1S/C18H23N5O2/c24-17(5-4-15-3-1-6-19-15)23-12-14-11-22(9-10-25-16(14)13-23)18-20-7-2-8-21-18/h1-3,6-8,14,16,19H,4-5,9-13H2/t14-,16+/m0/s1. The fourth-order valence-corrected chi connectivity index (χ4v) is 3.66. The van der Waals surface area contributed by atoms with Gasteiger partial charge in [0.25, 0.3) is 0 Å². The highest BCUT2D eigenvalue weighted by atomic mass is 16.5. The number of aryl methyl sites for hydroxylation is 1. The van der Waals surface area contributed by atoms with Gasteiger partial charge in [-0.3, -0.25) is 4.79 Å². The minimum Gasteiger partial charge on any atom is -0.374 e. The van der Waals surface area contributed by atoms with Gasteiger partial charge in [-0.15, -0.1) is 0 Å². The molecule has 7 heteroatoms. The number of hydrogen-bond acceptors (Lipinski definition) is 5. The summed E-state index contributed by atoms with van der Waals surface area (Å²) in [6.45, 7) is 3.70. The highest BCUT2D eigenvalue weighted by Gasteiger charge is 2.38. The van der Waals surface area contributed by atoms with Gasteiger partial charge in [-0.25, -0.2) is 9.97 Å². The van der Waals surface area contributed by atoms with Gasteiger partial charge < -0.3 is 19.5 Å². The third-order valence-electron chi connectivity index (χ3n) is 4.99. The van der Waals surface area contributed by atoms with Crippen LogP contribution in [0.1, 0.15) is 12.1 Å². The molecule has 2 saturated heterocycles. The molecule has 1 N–H and O–H groups in total. The summed E-state index contributed by atoms with van der Waals surface area (Å²) in [5.74, 6) is 1.25. The minimum atomic E-state index is 0.114. The first-order valence-corrected chi connectivity index (χ1v) is 8.83. The van der Waals surface area contributed by atoms with Crippen LogP contribution in [0.4, 0.5) is 5.95 Å². The van der Waals surface area contributed by atoms with E-state index in [2.05, 4.69) is 19.9 Å². The van der Waals surface area contributed by atoms with Crippen molar-refractivity contribution >= 4 is 11.9 Å². The molecular weight excluding hydrogens is 318 g/mol. The lowest BCUT2D eigenvalue weighted by molar-refractivity contribution is -0.130. The number of anilines is 1. The summed E-state index contributed by atoms with van der Waals surface area (Å²) in [5, 5.41) is 0. The SMILES string of the molecule is O=C(CCc1ccc[nH]1)N1C[C@@H]2CN(c3ncccn3)CCO[C@@H]2C1. The number of carbonyl (C=O) groups excluding carboxylic acids is 1. The highest BCUT2D eigenvalue weighted by Crippen LogP contribution is 2.25. The molecule has 4 heterocycles. The van der Waals surface area contributed by atoms with Crippen LogP contribution in [0.5, 0.6) is 0 Å². The van der Waals surface area contributed by atoms with Gasteiger partial charge in [0.05, 0.1) is 12.7 Å². The number of likely N-dealkylation sites (tertiary alicyclic amines) is 1. The number of fused-ring (bicyclic) bond motifs is 1. The molecule has 132 valence electrons. The molecule has 0 radical (unpaired) electrons. The van der Waals surface area contributed by atoms with Crippen molar-refractivity contribution in [3.05, 3.63) is 42.5 Å². The zero-order valence-electron chi connectivity index (χ0n) is 14.2. The Balaban J connectivity index is 1.36. The molecule has 4 rings (SSSR count). The summed E-state index contributed by atoms with van der Waals surface area (Å²) in [4.78, 5) is 28.5. The average molecular weight is 341 g/mol. The molecule has 25 heavy (non-hydrogen) atoms. The highest BCUT2D eigenvalue weighted by molar-refractivity contribution is 5.76. The molecule has 2 atom stereocenters. The van der Waals surface area contributed by atoms with E-state index in [0.29, 0.717) is 25.5 Å². The summed E-state index contributed by atoms with van der Waals surface area (Å²) in [6, 6.07) is 5.80. The summed E-state index contributed by atoms with van der Waals surface area (Å²) in [6.07, 6.45) is 6.81. The number of nitrogens with one attached hydrogen (secondary N) is 1. The summed E-state index contributed by atoms with van der Waals surface area (Å²) in [7, 11) is 0. The lowest BCUT2D eigenvalue weighted by atomic mass is 10.1. The maximum Gasteiger partial charge on any atom is 0.225 e. The average Bonchev–Trinajstić information content (AvgIpc) is 3.26. The molecule has 2 aliphatic rings. The van der Waals surface area contributed by atoms with E-state index in [1.54, 1.807) is 12.4 Å². The predicted octanol–water partition coefficient (Wildman–Crippen LogP) is 1.10. The van der Waals surface area contributed by atoms with Crippen molar-refractivity contribution in [1.29, 1.82) is 0 Å². The molecule has 2 aromatic heterocycles. The quantitative estimate of drug-likeness (QED) is 0.901. The monoisotopic (exact) mass is 341 g/mol. The van der Waals surface area contributed by atoms with Crippen LogP contribution in [0.25, 0.3) is 0 Å². The van der Waals surface area contributed by atoms with Crippen molar-refractivity contribution in [3.63, 3.8) is 0 Å². The van der Waals surface area contributed by atoms with E-state index in [-0.39, 0.29) is 12.0 Å². The van der Waals surface area contributed by atoms with E-state index in [1.165, 1.54) is 0 Å². The Morgan fingerprint density at radius 3 is 2.92 bits per heavy atom. The van der Waals surface area contributed by atoms with Crippen LogP contribution in [-0.2, 0) is 16.0 Å². The first-order chi connectivity index (χ1) is 12.3. The first-order valence-electron chi connectivity index (χ1n) is 8.83. The number of aromatic amines is 1. The topological polar surface area (TPSA) is 74.4 Å². The minimum absolute atomic E-state index is 0.114. The third kappa shape index (κ3) is 3.66. The summed E-state index contributed by atoms with van der Waals surface area (Å²) < 4.78 is 6.01. The normalized spacial score (nSPS) is 23.4. The van der Waals surface area contributed by atoms with Crippen molar-refractivity contribution in [2.45, 2.75) is 18.9 Å². The molecule has 0 spiro atoms. The van der Waals surface area contributed by atoms with Gasteiger partial charge >= 0.3 is 0 Å². The van der Waals surface area contributed by atoms with Crippen LogP contribution in [-0.4, -0.2) is 64.6 Å². The molecule has 2 aliphatic heterocycles. The van der Waals surface area contributed by atoms with Crippen LogP contribution in [0, 0.1) is 5.92 Å². The third-order valence-corrected chi connectivity index (χ3v) is 4.99. The molecular formula is C18H23N5O2. The second-order valence-electron chi connectivity index (χ2n) is 6.66. The second kappa shape index (κ2) is 7.23. The van der Waals surface area contributed by atoms with E-state index >= 15 is 0 Å². The molecule has 0 unspecified atom stereocenters. The number of hydrogen-bond donors (Lipinski definition) is 1. The maximum atomic E-state index is 12.5. The van der Waals surface area contributed by atoms with Crippen LogP contribution in [0.15, 0.2) is 36.8 Å². The van der Waals surface area contributed by atoms with Crippen molar-refractivity contribution in [2.24, 2.45) is 5.92 Å². The summed E-state index contributed by atoms with van der Waals surface area (Å²) in [5.41, 5.74) is 1.10. The lowest BCUT2D eigenvalue weighted by Crippen LogP contribution is -2.34. The van der Waals surface area contributed by atoms with Crippen molar-refractivity contribution in [1.82, 2.24) is 19.9 Å². The van der Waals surface area contributed by atoms with E-state index in [4.69, 9.17) is 4.74 Å². The van der Waals surface area contributed by atoms with E-state index in [1.807, 2.05) is 29.3 Å². The molecule has 0 saturated carbocycles. The fourth-order valence-electron chi connectivity index (χ4n) is 3.66. The zero-order chi connectivity index (χ0) is 17.1. The van der Waals surface area contributed by atoms with Crippen molar-refractivity contribution in [3.8, 4) is 0 Å². The van der Waals surface area contributed by atoms with Crippen molar-refractivity contribution in [2.75, 3.05) is 37.7 Å². The second-order valence-corrected chi connectivity index (χ2v) is 6.66. The van der Waals surface area contributed by atoms with Crippen molar-refractivity contribution < 1.29 is 9.53 Å². The molecule has 1 amide bonds. The Morgan fingerprint density at radius 2 is 2.12 bits per heavy atom. The number of nitrogens with zero attached hydrogens (tertiary/aromatic N) is 4. The van der Waals surface area contributed by atoms with Gasteiger partial charge in [-0.05, 0) is 24.6 Å². The Kier molecular flexibility index (Phi) is 4.65. The lowest BCUT2D eigenvalue weighted by Gasteiger charge is -2.23. The Labute approximate surface area is 147 Å². The van der Waals surface area contributed by atoms with Crippen LogP contribution in [0.3, 0.4) is 0 Å². The van der Waals surface area contributed by atoms with Gasteiger partial charge in [-0.2, -0.15) is 0 Å². The van der Waals surface area contributed by atoms with Crippen LogP contribution < -0.4 is 4.90 Å². The van der Waals surface area contributed by atoms with Gasteiger partial charge in [0, 0.05) is 62.8 Å². The van der Waals surface area contributed by atoms with Gasteiger partial charge in [0.2, 0.25) is 11.9 Å². The first kappa shape index (κ1) is 16.1. The molecule has 0 aliphatic carbocycles. The number of ether oxygens (including phenoxy) is 1. The summed E-state index contributed by atoms with van der Waals surface area (Å²) >= 11 is 0. The van der Waals surface area contributed by atoms with Gasteiger partial charge in [0.1, 0.15) is 0 Å². The van der Waals surface area contributed by atoms with Crippen LogP contribution in [0.2, 0.25) is 0 Å². The predicted molar refractivity (Wildman–Crippen MR) is 93.2 cm³/mol. The molecule has 0 bridgehead atoms. The largest absolute Gasteiger partial charge is 0.374 e. The Bertz CT molecular complexity index is 691. The number of aromatic nitrogens is 3. The van der Waals surface area contributed by atoms with Gasteiger partial charge in [0.15, 0.2) is 0 Å². The van der Waals surface area contributed by atoms with Gasteiger partial charge in [-0.1, -0.05) is 0 Å². The fraction of sp³-hybridized carbons (Fsp3) is 0.500. The zero-order valence-corrected chi connectivity index (χ0v) is 14.2.